The summed E-state index contributed by atoms with van der Waals surface area (Å²) in [4.78, 5) is 23.2. The lowest BCUT2D eigenvalue weighted by Gasteiger charge is -2.19. The van der Waals surface area contributed by atoms with Crippen LogP contribution >= 0.6 is 0 Å². The summed E-state index contributed by atoms with van der Waals surface area (Å²) in [5.41, 5.74) is 0.522. The largest absolute Gasteiger partial charge is 0.349 e. The van der Waals surface area contributed by atoms with E-state index >= 15 is 0 Å². The summed E-state index contributed by atoms with van der Waals surface area (Å²) in [6, 6.07) is 0. The third-order valence-electron chi connectivity index (χ3n) is 3.09. The van der Waals surface area contributed by atoms with Crippen molar-refractivity contribution >= 4 is 11.7 Å². The molecule has 0 aromatic rings. The van der Waals surface area contributed by atoms with Crippen LogP contribution in [0.25, 0.3) is 0 Å². The van der Waals surface area contributed by atoms with Crippen molar-refractivity contribution in [3.05, 3.63) is 0 Å². The maximum Gasteiger partial charge on any atom is 0.224 e. The molecule has 0 aliphatic carbocycles. The number of nitrogens with zero attached hydrogens (tertiary/aromatic N) is 1. The lowest BCUT2D eigenvalue weighted by atomic mass is 9.86. The first-order chi connectivity index (χ1) is 10.5. The predicted octanol–water partition coefficient (Wildman–Crippen LogP) is 6.31. The molecule has 0 radical (unpaired) electrons. The molecular weight excluding hydrogens is 310 g/mol. The summed E-state index contributed by atoms with van der Waals surface area (Å²) >= 11 is 0. The molecule has 0 aromatic carbocycles. The van der Waals surface area contributed by atoms with E-state index in [1.54, 1.807) is 19.0 Å². The Morgan fingerprint density at radius 1 is 0.760 bits per heavy atom. The van der Waals surface area contributed by atoms with E-state index in [1.165, 1.54) is 6.42 Å². The molecule has 0 aliphatic rings. The van der Waals surface area contributed by atoms with Crippen LogP contribution in [-0.4, -0.2) is 30.7 Å². The molecule has 0 atom stereocenters. The SMILES string of the molecule is C.CC(C)C(=O)C(C)C.CC(C)C(=O)N(C)C.CC(C)CC(C)(C)C. The van der Waals surface area contributed by atoms with E-state index in [0.29, 0.717) is 11.2 Å². The maximum absolute atomic E-state index is 10.8. The Kier molecular flexibility index (Phi) is 19.6. The smallest absolute Gasteiger partial charge is 0.224 e. The summed E-state index contributed by atoms with van der Waals surface area (Å²) in [6.45, 7) is 22.9. The molecule has 0 unspecified atom stereocenters. The number of ketones is 1. The van der Waals surface area contributed by atoms with Gasteiger partial charge in [-0.05, 0) is 17.8 Å². The number of hydrogen-bond donors (Lipinski definition) is 0. The van der Waals surface area contributed by atoms with Crippen LogP contribution in [-0.2, 0) is 9.59 Å². The molecule has 0 N–H and O–H groups in total. The molecule has 0 heterocycles. The van der Waals surface area contributed by atoms with E-state index in [9.17, 15) is 9.59 Å². The topological polar surface area (TPSA) is 37.4 Å². The normalized spacial score (nSPS) is 10.6. The minimum atomic E-state index is 0. The van der Waals surface area contributed by atoms with Crippen LogP contribution in [0.3, 0.4) is 0 Å². The minimum Gasteiger partial charge on any atom is -0.349 e. The first-order valence-corrected chi connectivity index (χ1v) is 9.27. The Bertz CT molecular complexity index is 290. The van der Waals surface area contributed by atoms with Crippen molar-refractivity contribution in [1.29, 1.82) is 0 Å². The van der Waals surface area contributed by atoms with Gasteiger partial charge in [0.25, 0.3) is 0 Å². The molecular formula is C22H49NO2. The van der Waals surface area contributed by atoms with E-state index in [-0.39, 0.29) is 31.1 Å². The summed E-state index contributed by atoms with van der Waals surface area (Å²) in [7, 11) is 3.53. The highest BCUT2D eigenvalue weighted by Crippen LogP contribution is 2.23. The Balaban J connectivity index is -0.000000130. The first kappa shape index (κ1) is 31.9. The molecule has 3 nitrogen and oxygen atoms in total. The standard InChI is InChI=1S/C8H18.C7H14O.C6H13NO.CH4/c1-7(2)6-8(3,4)5;1-5(2)7(8)6(3)4;1-5(2)6(8)7(3)4;/h7H,6H2,1-5H3;5-6H,1-4H3;5H,1-4H3;1H4. The molecule has 0 bridgehead atoms. The van der Waals surface area contributed by atoms with Gasteiger partial charge in [-0.15, -0.1) is 0 Å². The van der Waals surface area contributed by atoms with Crippen molar-refractivity contribution in [2.24, 2.45) is 29.1 Å². The molecule has 0 rings (SSSR count). The number of amides is 1. The summed E-state index contributed by atoms with van der Waals surface area (Å²) in [6.07, 6.45) is 1.33. The second-order valence-corrected chi connectivity index (χ2v) is 9.26. The second-order valence-electron chi connectivity index (χ2n) is 9.26. The van der Waals surface area contributed by atoms with Gasteiger partial charge < -0.3 is 4.90 Å². The lowest BCUT2D eigenvalue weighted by molar-refractivity contribution is -0.131. The molecule has 0 aromatic heterocycles. The average molecular weight is 360 g/mol. The third kappa shape index (κ3) is 25.5. The molecule has 0 saturated carbocycles. The quantitative estimate of drug-likeness (QED) is 0.589. The van der Waals surface area contributed by atoms with Gasteiger partial charge in [-0.3, -0.25) is 9.59 Å². The molecule has 1 amide bonds. The van der Waals surface area contributed by atoms with Gasteiger partial charge in [0.2, 0.25) is 5.91 Å². The number of carbonyl (C=O) groups is 2. The van der Waals surface area contributed by atoms with Crippen LogP contribution in [0.4, 0.5) is 0 Å². The van der Waals surface area contributed by atoms with Crippen LogP contribution in [0.1, 0.15) is 90.0 Å². The Morgan fingerprint density at radius 3 is 1.08 bits per heavy atom. The Hall–Kier alpha value is -0.860. The van der Waals surface area contributed by atoms with Gasteiger partial charge >= 0.3 is 0 Å². The first-order valence-electron chi connectivity index (χ1n) is 9.27. The highest BCUT2D eigenvalue weighted by molar-refractivity contribution is 5.82. The van der Waals surface area contributed by atoms with Gasteiger partial charge in [0.15, 0.2) is 0 Å². The van der Waals surface area contributed by atoms with Crippen LogP contribution in [0.2, 0.25) is 0 Å². The fourth-order valence-corrected chi connectivity index (χ4v) is 2.41. The second kappa shape index (κ2) is 15.4. The van der Waals surface area contributed by atoms with Gasteiger partial charge in [0.1, 0.15) is 5.78 Å². The number of carbonyl (C=O) groups excluding carboxylic acids is 2. The zero-order valence-electron chi connectivity index (χ0n) is 18.8. The molecule has 0 aliphatic heterocycles. The highest BCUT2D eigenvalue weighted by Gasteiger charge is 2.11. The van der Waals surface area contributed by atoms with Gasteiger partial charge in [0, 0.05) is 31.8 Å². The van der Waals surface area contributed by atoms with Crippen molar-refractivity contribution < 1.29 is 9.59 Å². The van der Waals surface area contributed by atoms with Gasteiger partial charge in [0.05, 0.1) is 0 Å². The van der Waals surface area contributed by atoms with Crippen LogP contribution in [0.15, 0.2) is 0 Å². The number of hydrogen-bond acceptors (Lipinski definition) is 2. The Labute approximate surface area is 160 Å². The molecule has 0 saturated heterocycles. The molecule has 0 fully saturated rings. The predicted molar refractivity (Wildman–Crippen MR) is 114 cm³/mol. The van der Waals surface area contributed by atoms with Crippen molar-refractivity contribution in [1.82, 2.24) is 4.90 Å². The number of Topliss-reactive ketones (excluding diaryl/α,β-unsaturated/α-hetero) is 1. The zero-order valence-corrected chi connectivity index (χ0v) is 18.8. The summed E-state index contributed by atoms with van der Waals surface area (Å²) in [5.74, 6) is 1.92. The van der Waals surface area contributed by atoms with Crippen molar-refractivity contribution in [2.75, 3.05) is 14.1 Å². The zero-order chi connectivity index (χ0) is 20.2. The van der Waals surface area contributed by atoms with Gasteiger partial charge in [-0.25, -0.2) is 0 Å². The van der Waals surface area contributed by atoms with E-state index in [4.69, 9.17) is 0 Å². The molecule has 154 valence electrons. The average Bonchev–Trinajstić information content (AvgIpc) is 2.34. The fourth-order valence-electron chi connectivity index (χ4n) is 2.41. The Morgan fingerprint density at radius 2 is 1.08 bits per heavy atom. The van der Waals surface area contributed by atoms with Crippen LogP contribution < -0.4 is 0 Å². The molecule has 25 heavy (non-hydrogen) atoms. The fraction of sp³-hybridized carbons (Fsp3) is 0.909. The van der Waals surface area contributed by atoms with Crippen molar-refractivity contribution in [3.63, 3.8) is 0 Å². The van der Waals surface area contributed by atoms with E-state index in [2.05, 4.69) is 34.6 Å². The van der Waals surface area contributed by atoms with Gasteiger partial charge in [-0.2, -0.15) is 0 Å². The monoisotopic (exact) mass is 359 g/mol. The van der Waals surface area contributed by atoms with E-state index < -0.39 is 0 Å². The number of rotatable bonds is 4. The summed E-state index contributed by atoms with van der Waals surface area (Å²) in [5, 5.41) is 0. The van der Waals surface area contributed by atoms with Crippen molar-refractivity contribution in [3.8, 4) is 0 Å². The van der Waals surface area contributed by atoms with E-state index in [1.807, 2.05) is 41.5 Å². The molecule has 0 spiro atoms. The lowest BCUT2D eigenvalue weighted by Crippen LogP contribution is -2.26. The third-order valence-corrected chi connectivity index (χ3v) is 3.09. The minimum absolute atomic E-state index is 0. The van der Waals surface area contributed by atoms with Crippen molar-refractivity contribution in [2.45, 2.75) is 90.0 Å². The van der Waals surface area contributed by atoms with E-state index in [0.717, 1.165) is 5.92 Å². The van der Waals surface area contributed by atoms with Crippen LogP contribution in [0.5, 0.6) is 0 Å². The van der Waals surface area contributed by atoms with Gasteiger partial charge in [-0.1, -0.05) is 83.6 Å². The highest BCUT2D eigenvalue weighted by atomic mass is 16.2. The van der Waals surface area contributed by atoms with Crippen LogP contribution in [0, 0.1) is 29.1 Å². The maximum atomic E-state index is 10.8. The molecule has 3 heteroatoms. The summed E-state index contributed by atoms with van der Waals surface area (Å²) < 4.78 is 0.